The maximum absolute atomic E-state index is 12.0. The van der Waals surface area contributed by atoms with Gasteiger partial charge in [-0.05, 0) is 23.8 Å². The number of benzene rings is 1. The topological polar surface area (TPSA) is 17.1 Å². The molecule has 1 nitrogen and oxygen atoms in total. The number of hydrogen-bond acceptors (Lipinski definition) is 1. The summed E-state index contributed by atoms with van der Waals surface area (Å²) in [6.07, 6.45) is 6.36. The van der Waals surface area contributed by atoms with Gasteiger partial charge in [-0.25, -0.2) is 0 Å². The quantitative estimate of drug-likeness (QED) is 0.525. The zero-order valence-electron chi connectivity index (χ0n) is 9.70. The molecule has 0 spiro atoms. The van der Waals surface area contributed by atoms with Crippen molar-refractivity contribution in [1.29, 1.82) is 0 Å². The van der Waals surface area contributed by atoms with E-state index in [1.165, 1.54) is 12.2 Å². The molecule has 0 aliphatic heterocycles. The van der Waals surface area contributed by atoms with E-state index in [1.807, 2.05) is 24.3 Å². The van der Waals surface area contributed by atoms with Crippen molar-refractivity contribution in [2.24, 2.45) is 0 Å². The fraction of sp³-hybridized carbons (Fsp3) is 0. The number of ketones is 1. The second kappa shape index (κ2) is 7.29. The number of hydrogen-bond donors (Lipinski definition) is 0. The molecule has 0 fully saturated rings. The molecule has 0 unspecified atom stereocenters. The highest BCUT2D eigenvalue weighted by Gasteiger charge is 2.05. The monoisotopic (exact) mass is 366 g/mol. The van der Waals surface area contributed by atoms with Gasteiger partial charge in [-0.3, -0.25) is 4.79 Å². The molecular weight excluding hydrogens is 356 g/mol. The largest absolute Gasteiger partial charge is 0.289 e. The van der Waals surface area contributed by atoms with Crippen molar-refractivity contribution in [1.82, 2.24) is 0 Å². The van der Waals surface area contributed by atoms with Crippen LogP contribution in [0.3, 0.4) is 0 Å². The Hall–Kier alpha value is -1.19. The molecule has 0 radical (unpaired) electrons. The molecule has 0 N–H and O–H groups in total. The summed E-state index contributed by atoms with van der Waals surface area (Å²) in [4.78, 5) is 12.0. The van der Waals surface area contributed by atoms with Crippen LogP contribution in [0.5, 0.6) is 0 Å². The number of allylic oxidation sites excluding steroid dienone is 5. The van der Waals surface area contributed by atoms with Crippen molar-refractivity contribution in [3.05, 3.63) is 75.7 Å². The van der Waals surface area contributed by atoms with Crippen molar-refractivity contribution in [3.63, 3.8) is 0 Å². The molecule has 0 heterocycles. The molecule has 1 aromatic rings. The van der Waals surface area contributed by atoms with E-state index >= 15 is 0 Å². The van der Waals surface area contributed by atoms with E-state index in [0.29, 0.717) is 10.1 Å². The molecule has 0 aromatic heterocycles. The first-order valence-electron chi connectivity index (χ1n) is 5.21. The first kappa shape index (κ1) is 14.9. The van der Waals surface area contributed by atoms with Gasteiger partial charge in [0.15, 0.2) is 5.78 Å². The Morgan fingerprint density at radius 3 is 2.39 bits per heavy atom. The van der Waals surface area contributed by atoms with Crippen molar-refractivity contribution >= 4 is 43.7 Å². The van der Waals surface area contributed by atoms with Crippen LogP contribution in [0.25, 0.3) is 6.08 Å². The van der Waals surface area contributed by atoms with Crippen LogP contribution >= 0.6 is 31.9 Å². The number of halogens is 2. The molecule has 3 heteroatoms. The van der Waals surface area contributed by atoms with Gasteiger partial charge in [0, 0.05) is 14.5 Å². The molecule has 0 aliphatic rings. The lowest BCUT2D eigenvalue weighted by Gasteiger charge is -1.99. The molecule has 0 atom stereocenters. The minimum Gasteiger partial charge on any atom is -0.289 e. The van der Waals surface area contributed by atoms with Gasteiger partial charge < -0.3 is 0 Å². The minimum absolute atomic E-state index is 0.118. The average Bonchev–Trinajstić information content (AvgIpc) is 2.38. The molecule has 1 aromatic carbocycles. The number of carbonyl (C=O) groups is 1. The first-order valence-corrected chi connectivity index (χ1v) is 6.80. The van der Waals surface area contributed by atoms with Gasteiger partial charge in [0.25, 0.3) is 0 Å². The fourth-order valence-corrected chi connectivity index (χ4v) is 2.07. The molecule has 0 saturated heterocycles. The van der Waals surface area contributed by atoms with Gasteiger partial charge in [-0.1, -0.05) is 75.4 Å². The molecule has 0 amide bonds. The average molecular weight is 368 g/mol. The highest BCUT2D eigenvalue weighted by atomic mass is 79.9. The number of rotatable bonds is 5. The van der Waals surface area contributed by atoms with Crippen LogP contribution in [0, 0.1) is 0 Å². The van der Waals surface area contributed by atoms with Crippen LogP contribution in [0.1, 0.15) is 5.56 Å². The Kier molecular flexibility index (Phi) is 6.02. The third kappa shape index (κ3) is 3.93. The summed E-state index contributed by atoms with van der Waals surface area (Å²) in [6, 6.07) is 7.69. The summed E-state index contributed by atoms with van der Waals surface area (Å²) >= 11 is 6.69. The Morgan fingerprint density at radius 1 is 1.17 bits per heavy atom. The summed E-state index contributed by atoms with van der Waals surface area (Å²) in [6.45, 7) is 7.23. The summed E-state index contributed by atoms with van der Waals surface area (Å²) in [5.41, 5.74) is 1.44. The van der Waals surface area contributed by atoms with Gasteiger partial charge in [0.1, 0.15) is 0 Å². The lowest BCUT2D eigenvalue weighted by Crippen LogP contribution is -1.96. The van der Waals surface area contributed by atoms with E-state index in [0.717, 1.165) is 10.0 Å². The van der Waals surface area contributed by atoms with Crippen LogP contribution in [0.2, 0.25) is 0 Å². The third-order valence-corrected chi connectivity index (χ3v) is 3.70. The van der Waals surface area contributed by atoms with Crippen molar-refractivity contribution in [2.45, 2.75) is 0 Å². The molecule has 1 rings (SSSR count). The normalized spacial score (nSPS) is 12.1. The summed E-state index contributed by atoms with van der Waals surface area (Å²) in [7, 11) is 0. The fourth-order valence-electron chi connectivity index (χ4n) is 1.29. The molecular formula is C15H12Br2O. The van der Waals surface area contributed by atoms with E-state index in [2.05, 4.69) is 45.0 Å². The second-order valence-electron chi connectivity index (χ2n) is 3.39. The summed E-state index contributed by atoms with van der Waals surface area (Å²) in [5, 5.41) is 0. The summed E-state index contributed by atoms with van der Waals surface area (Å²) in [5.74, 6) is -0.118. The van der Waals surface area contributed by atoms with E-state index in [9.17, 15) is 4.79 Å². The Balaban J connectivity index is 2.98. The smallest absolute Gasteiger partial charge is 0.186 e. The Bertz CT molecular complexity index is 539. The van der Waals surface area contributed by atoms with Crippen LogP contribution in [0.4, 0.5) is 0 Å². The number of carbonyl (C=O) groups excluding carboxylic acids is 1. The van der Waals surface area contributed by atoms with Crippen molar-refractivity contribution in [3.8, 4) is 0 Å². The van der Waals surface area contributed by atoms with Gasteiger partial charge in [0.2, 0.25) is 0 Å². The maximum Gasteiger partial charge on any atom is 0.186 e. The van der Waals surface area contributed by atoms with Crippen LogP contribution in [-0.4, -0.2) is 5.78 Å². The highest BCUT2D eigenvalue weighted by molar-refractivity contribution is 9.12. The van der Waals surface area contributed by atoms with Gasteiger partial charge in [0.05, 0.1) is 0 Å². The van der Waals surface area contributed by atoms with Crippen molar-refractivity contribution < 1.29 is 4.79 Å². The van der Waals surface area contributed by atoms with Crippen LogP contribution in [-0.2, 0) is 4.79 Å². The predicted octanol–water partition coefficient (Wildman–Crippen LogP) is 5.05. The zero-order valence-corrected chi connectivity index (χ0v) is 12.9. The molecule has 0 bridgehead atoms. The molecule has 92 valence electrons. The summed E-state index contributed by atoms with van der Waals surface area (Å²) < 4.78 is 1.58. The van der Waals surface area contributed by atoms with Crippen LogP contribution in [0.15, 0.2) is 70.2 Å². The van der Waals surface area contributed by atoms with Gasteiger partial charge >= 0.3 is 0 Å². The van der Waals surface area contributed by atoms with E-state index in [1.54, 1.807) is 12.2 Å². The third-order valence-electron chi connectivity index (χ3n) is 2.23. The minimum atomic E-state index is -0.118. The van der Waals surface area contributed by atoms with E-state index < -0.39 is 0 Å². The lowest BCUT2D eigenvalue weighted by atomic mass is 10.1. The standard InChI is InChI=1S/C15H12Br2O/c1-3-12(13(16)4-2)15(18)10-9-11-7-5-6-8-14(11)17/h3-10H,1-2H2/b10-9+,13-12-. The molecule has 0 saturated carbocycles. The zero-order chi connectivity index (χ0) is 13.5. The first-order chi connectivity index (χ1) is 8.60. The van der Waals surface area contributed by atoms with Gasteiger partial charge in [-0.15, -0.1) is 0 Å². The predicted molar refractivity (Wildman–Crippen MR) is 84.5 cm³/mol. The lowest BCUT2D eigenvalue weighted by molar-refractivity contribution is -0.111. The Labute approximate surface area is 124 Å². The Morgan fingerprint density at radius 2 is 1.83 bits per heavy atom. The highest BCUT2D eigenvalue weighted by Crippen LogP contribution is 2.19. The van der Waals surface area contributed by atoms with Crippen molar-refractivity contribution in [2.75, 3.05) is 0 Å². The van der Waals surface area contributed by atoms with Crippen LogP contribution < -0.4 is 0 Å². The maximum atomic E-state index is 12.0. The van der Waals surface area contributed by atoms with E-state index in [4.69, 9.17) is 0 Å². The SMILES string of the molecule is C=C/C(Br)=C(\C=C)C(=O)/C=C/c1ccccc1Br. The second-order valence-corrected chi connectivity index (χ2v) is 5.10. The van der Waals surface area contributed by atoms with Gasteiger partial charge in [-0.2, -0.15) is 0 Å². The molecule has 18 heavy (non-hydrogen) atoms. The molecule has 0 aliphatic carbocycles. The van der Waals surface area contributed by atoms with E-state index in [-0.39, 0.29) is 5.78 Å².